The van der Waals surface area contributed by atoms with Crippen molar-refractivity contribution in [1.29, 1.82) is 0 Å². The number of aromatic nitrogens is 1. The van der Waals surface area contributed by atoms with Crippen LogP contribution in [-0.4, -0.2) is 15.2 Å². The van der Waals surface area contributed by atoms with Crippen LogP contribution in [0.1, 0.15) is 71.1 Å². The summed E-state index contributed by atoms with van der Waals surface area (Å²) >= 11 is 0. The van der Waals surface area contributed by atoms with Crippen LogP contribution >= 0.6 is 0 Å². The van der Waals surface area contributed by atoms with E-state index in [2.05, 4.69) is 52.6 Å². The molecule has 0 saturated carbocycles. The van der Waals surface area contributed by atoms with Gasteiger partial charge in [0.25, 0.3) is 5.56 Å². The number of aliphatic hydroxyl groups is 1. The van der Waals surface area contributed by atoms with Crippen molar-refractivity contribution in [1.82, 2.24) is 4.98 Å². The van der Waals surface area contributed by atoms with Gasteiger partial charge in [0, 0.05) is 33.5 Å². The fourth-order valence-electron chi connectivity index (χ4n) is 6.03. The molecular weight excluding hydrogens is 562 g/mol. The maximum Gasteiger partial charge on any atom is 0.282 e. The quantitative estimate of drug-likeness (QED) is 0.143. The van der Waals surface area contributed by atoms with E-state index in [4.69, 9.17) is 4.74 Å². The van der Waals surface area contributed by atoms with Crippen LogP contribution in [0.2, 0.25) is 0 Å². The van der Waals surface area contributed by atoms with Crippen LogP contribution in [0.15, 0.2) is 88.5 Å². The molecule has 45 heavy (non-hydrogen) atoms. The Balaban J connectivity index is 1.72. The highest BCUT2D eigenvalue weighted by molar-refractivity contribution is 6.18. The highest BCUT2D eigenvalue weighted by Crippen LogP contribution is 2.46. The molecule has 1 aliphatic carbocycles. The molecule has 0 aromatic heterocycles. The molecule has 6 rings (SSSR count). The second kappa shape index (κ2) is 10.9. The number of rotatable bonds is 7. The zero-order chi connectivity index (χ0) is 32.3. The number of benzene rings is 5. The summed E-state index contributed by atoms with van der Waals surface area (Å²) in [5.74, 6) is 0.220. The molecule has 0 amide bonds. The van der Waals surface area contributed by atoms with Crippen molar-refractivity contribution in [2.75, 3.05) is 0 Å². The molecular formula is C39H37NO5. The monoisotopic (exact) mass is 599 g/mol. The highest BCUT2D eigenvalue weighted by Gasteiger charge is 2.30. The van der Waals surface area contributed by atoms with E-state index in [1.807, 2.05) is 18.2 Å². The SMILES string of the molecule is CCC(C)(C)c1ccc(Oc2cc(=O)c3c(O)c4ccccc4c4c3-c2nc(=O)c4=C(O)c2ccccc2)c(C(C)(C)CC)c1. The van der Waals surface area contributed by atoms with Gasteiger partial charge in [-0.2, -0.15) is 0 Å². The fraction of sp³-hybridized carbons (Fsp3) is 0.256. The zero-order valence-corrected chi connectivity index (χ0v) is 26.5. The molecule has 0 saturated heterocycles. The van der Waals surface area contributed by atoms with Crippen LogP contribution in [0, 0.1) is 0 Å². The molecule has 0 unspecified atom stereocenters. The third-order valence-electron chi connectivity index (χ3n) is 9.61. The maximum absolute atomic E-state index is 13.9. The Bertz CT molecular complexity index is 2220. The third kappa shape index (κ3) is 4.85. The molecule has 1 aliphatic heterocycles. The van der Waals surface area contributed by atoms with E-state index in [0.29, 0.717) is 27.5 Å². The van der Waals surface area contributed by atoms with Crippen molar-refractivity contribution >= 4 is 27.3 Å². The molecule has 0 bridgehead atoms. The van der Waals surface area contributed by atoms with Gasteiger partial charge in [0.2, 0.25) is 0 Å². The number of nitrogens with zero attached hydrogens (tertiary/aromatic N) is 1. The van der Waals surface area contributed by atoms with E-state index in [1.54, 1.807) is 48.5 Å². The summed E-state index contributed by atoms with van der Waals surface area (Å²) < 4.78 is 6.57. The third-order valence-corrected chi connectivity index (χ3v) is 9.61. The normalized spacial score (nSPS) is 13.1. The van der Waals surface area contributed by atoms with Crippen LogP contribution in [0.5, 0.6) is 17.2 Å². The molecule has 0 fully saturated rings. The van der Waals surface area contributed by atoms with Crippen molar-refractivity contribution in [3.63, 3.8) is 0 Å². The van der Waals surface area contributed by atoms with Crippen LogP contribution in [0.25, 0.3) is 38.6 Å². The van der Waals surface area contributed by atoms with E-state index in [9.17, 15) is 19.8 Å². The van der Waals surface area contributed by atoms with E-state index in [1.165, 1.54) is 11.6 Å². The Hall–Kier alpha value is -4.97. The topological polar surface area (TPSA) is 96.7 Å². The summed E-state index contributed by atoms with van der Waals surface area (Å²) in [5.41, 5.74) is 1.56. The van der Waals surface area contributed by atoms with Crippen molar-refractivity contribution in [2.24, 2.45) is 0 Å². The largest absolute Gasteiger partial charge is 0.507 e. The number of pyridine rings is 1. The van der Waals surface area contributed by atoms with E-state index in [0.717, 1.165) is 18.4 Å². The minimum absolute atomic E-state index is 0.0230. The molecule has 6 nitrogen and oxygen atoms in total. The summed E-state index contributed by atoms with van der Waals surface area (Å²) in [6.07, 6.45) is 1.80. The number of phenols is 1. The molecule has 228 valence electrons. The van der Waals surface area contributed by atoms with Gasteiger partial charge in [-0.25, -0.2) is 4.98 Å². The van der Waals surface area contributed by atoms with Gasteiger partial charge in [0.05, 0.1) is 10.6 Å². The molecule has 0 radical (unpaired) electrons. The van der Waals surface area contributed by atoms with Gasteiger partial charge in [0.15, 0.2) is 11.2 Å². The van der Waals surface area contributed by atoms with Gasteiger partial charge in [-0.15, -0.1) is 0 Å². The van der Waals surface area contributed by atoms with Crippen LogP contribution < -0.4 is 20.9 Å². The predicted molar refractivity (Wildman–Crippen MR) is 181 cm³/mol. The second-order valence-corrected chi connectivity index (χ2v) is 13.0. The number of phenolic OH excluding ortho intramolecular Hbond substituents is 1. The average molecular weight is 600 g/mol. The van der Waals surface area contributed by atoms with Gasteiger partial charge >= 0.3 is 0 Å². The number of fused-ring (bicyclic) bond motifs is 2. The Morgan fingerprint density at radius 3 is 2.09 bits per heavy atom. The van der Waals surface area contributed by atoms with Gasteiger partial charge in [0.1, 0.15) is 23.0 Å². The lowest BCUT2D eigenvalue weighted by Crippen LogP contribution is -2.33. The zero-order valence-electron chi connectivity index (χ0n) is 26.5. The summed E-state index contributed by atoms with van der Waals surface area (Å²) in [5, 5.41) is 24.1. The minimum atomic E-state index is -0.668. The Labute approximate surface area is 262 Å². The number of aliphatic hydroxyl groups excluding tert-OH is 1. The van der Waals surface area contributed by atoms with Gasteiger partial charge < -0.3 is 14.9 Å². The van der Waals surface area contributed by atoms with Crippen molar-refractivity contribution in [3.05, 3.63) is 121 Å². The molecule has 2 N–H and O–H groups in total. The van der Waals surface area contributed by atoms with Crippen LogP contribution in [0.4, 0.5) is 0 Å². The highest BCUT2D eigenvalue weighted by atomic mass is 16.5. The lowest BCUT2D eigenvalue weighted by atomic mass is 9.76. The average Bonchev–Trinajstić information content (AvgIpc) is 3.04. The number of hydrogen-bond donors (Lipinski definition) is 2. The molecule has 0 spiro atoms. The standard InChI is InChI=1S/C39H37NO5/c1-7-38(3,4)23-18-19-28(26(20-23)39(5,6)8-2)45-29-21-27(41)31-32-30(24-16-12-13-17-25(24)36(31)43)33(37(44)40-34(29)32)35(42)22-14-10-9-11-15-22/h9-21,42-43H,7-8H2,1-6H3. The van der Waals surface area contributed by atoms with Crippen molar-refractivity contribution in [3.8, 4) is 28.5 Å². The van der Waals surface area contributed by atoms with Crippen LogP contribution in [0.3, 0.4) is 0 Å². The number of aromatic hydroxyl groups is 1. The predicted octanol–water partition coefficient (Wildman–Crippen LogP) is 7.96. The lowest BCUT2D eigenvalue weighted by Gasteiger charge is -2.30. The van der Waals surface area contributed by atoms with Crippen LogP contribution in [-0.2, 0) is 10.8 Å². The summed E-state index contributed by atoms with van der Waals surface area (Å²) in [6.45, 7) is 13.0. The molecule has 2 aliphatic rings. The van der Waals surface area contributed by atoms with E-state index >= 15 is 0 Å². The summed E-state index contributed by atoms with van der Waals surface area (Å²) in [4.78, 5) is 32.2. The Morgan fingerprint density at radius 2 is 1.42 bits per heavy atom. The maximum atomic E-state index is 13.9. The smallest absolute Gasteiger partial charge is 0.282 e. The van der Waals surface area contributed by atoms with Gasteiger partial charge in [-0.05, 0) is 40.7 Å². The molecule has 1 heterocycles. The molecule has 4 aromatic carbocycles. The first-order valence-corrected chi connectivity index (χ1v) is 15.4. The Morgan fingerprint density at radius 1 is 0.778 bits per heavy atom. The minimum Gasteiger partial charge on any atom is -0.507 e. The summed E-state index contributed by atoms with van der Waals surface area (Å²) in [7, 11) is 0. The fourth-order valence-corrected chi connectivity index (χ4v) is 6.03. The first-order valence-electron chi connectivity index (χ1n) is 15.4. The van der Waals surface area contributed by atoms with E-state index in [-0.39, 0.29) is 50.0 Å². The number of ether oxygens (including phenoxy) is 1. The van der Waals surface area contributed by atoms with E-state index < -0.39 is 11.0 Å². The van der Waals surface area contributed by atoms with Gasteiger partial charge in [-0.3, -0.25) is 9.59 Å². The molecule has 6 heteroatoms. The summed E-state index contributed by atoms with van der Waals surface area (Å²) in [6, 6.07) is 23.2. The van der Waals surface area contributed by atoms with Crippen molar-refractivity contribution < 1.29 is 14.9 Å². The van der Waals surface area contributed by atoms with Gasteiger partial charge in [-0.1, -0.05) is 108 Å². The molecule has 4 aromatic rings. The molecule has 0 atom stereocenters. The second-order valence-electron chi connectivity index (χ2n) is 13.0. The first-order chi connectivity index (χ1) is 21.4. The van der Waals surface area contributed by atoms with Crippen molar-refractivity contribution in [2.45, 2.75) is 65.2 Å². The lowest BCUT2D eigenvalue weighted by molar-refractivity contribution is 0.432. The number of hydrogen-bond acceptors (Lipinski definition) is 6. The first kappa shape index (κ1) is 30.1. The Kier molecular flexibility index (Phi) is 7.27.